The molecule has 0 saturated carbocycles. The van der Waals surface area contributed by atoms with E-state index in [1.54, 1.807) is 16.2 Å². The van der Waals surface area contributed by atoms with E-state index >= 15 is 0 Å². The molecule has 0 spiro atoms. The molecule has 1 amide bonds. The van der Waals surface area contributed by atoms with E-state index in [9.17, 15) is 4.79 Å². The smallest absolute Gasteiger partial charge is 0.231 e. The molecular formula is C15H19ClN2OS. The lowest BCUT2D eigenvalue weighted by Crippen LogP contribution is -2.34. The maximum absolute atomic E-state index is 12.5. The predicted molar refractivity (Wildman–Crippen MR) is 86.3 cm³/mol. The third kappa shape index (κ3) is 4.07. The highest BCUT2D eigenvalue weighted by molar-refractivity contribution is 7.09. The number of rotatable bonds is 5. The lowest BCUT2D eigenvalue weighted by atomic mass is 9.98. The van der Waals surface area contributed by atoms with Crippen LogP contribution in [0.25, 0.3) is 0 Å². The minimum atomic E-state index is -0.258. The first kappa shape index (κ1) is 16.7. The maximum Gasteiger partial charge on any atom is 0.231 e. The molecule has 0 radical (unpaired) electrons. The van der Waals surface area contributed by atoms with Crippen molar-refractivity contribution in [3.8, 4) is 0 Å². The first-order valence-electron chi connectivity index (χ1n) is 6.24. The highest BCUT2D eigenvalue weighted by atomic mass is 35.5. The third-order valence-electron chi connectivity index (χ3n) is 3.09. The van der Waals surface area contributed by atoms with Gasteiger partial charge in [0.25, 0.3) is 0 Å². The van der Waals surface area contributed by atoms with Crippen molar-refractivity contribution in [1.82, 2.24) is 4.90 Å². The number of benzene rings is 1. The van der Waals surface area contributed by atoms with Gasteiger partial charge in [-0.15, -0.1) is 23.7 Å². The monoisotopic (exact) mass is 310 g/mol. The number of halogens is 1. The molecule has 108 valence electrons. The van der Waals surface area contributed by atoms with Gasteiger partial charge >= 0.3 is 0 Å². The summed E-state index contributed by atoms with van der Waals surface area (Å²) in [4.78, 5) is 15.4. The number of carbonyl (C=O) groups excluding carboxylic acids is 1. The van der Waals surface area contributed by atoms with Crippen molar-refractivity contribution in [3.63, 3.8) is 0 Å². The van der Waals surface area contributed by atoms with Crippen LogP contribution >= 0.6 is 23.7 Å². The normalized spacial score (nSPS) is 11.5. The summed E-state index contributed by atoms with van der Waals surface area (Å²) in [5.74, 6) is -0.187. The van der Waals surface area contributed by atoms with E-state index in [1.807, 2.05) is 54.9 Å². The number of hydrogen-bond donors (Lipinski definition) is 1. The van der Waals surface area contributed by atoms with Gasteiger partial charge in [-0.05, 0) is 17.0 Å². The van der Waals surface area contributed by atoms with Crippen molar-refractivity contribution < 1.29 is 4.79 Å². The fraction of sp³-hybridized carbons (Fsp3) is 0.267. The van der Waals surface area contributed by atoms with Crippen LogP contribution < -0.4 is 5.73 Å². The quantitative estimate of drug-likeness (QED) is 0.923. The summed E-state index contributed by atoms with van der Waals surface area (Å²) in [6.07, 6.45) is 0. The van der Waals surface area contributed by atoms with Crippen LogP contribution in [0.2, 0.25) is 0 Å². The maximum atomic E-state index is 12.5. The molecule has 1 heterocycles. The number of carbonyl (C=O) groups is 1. The summed E-state index contributed by atoms with van der Waals surface area (Å²) in [6.45, 7) is 0.970. The van der Waals surface area contributed by atoms with Gasteiger partial charge in [-0.25, -0.2) is 0 Å². The Bertz CT molecular complexity index is 516. The van der Waals surface area contributed by atoms with Gasteiger partial charge in [-0.1, -0.05) is 36.4 Å². The summed E-state index contributed by atoms with van der Waals surface area (Å²) >= 11 is 1.66. The van der Waals surface area contributed by atoms with Crippen molar-refractivity contribution in [1.29, 1.82) is 0 Å². The second-order valence-electron chi connectivity index (χ2n) is 4.47. The predicted octanol–water partition coefficient (Wildman–Crippen LogP) is 2.87. The molecular weight excluding hydrogens is 292 g/mol. The van der Waals surface area contributed by atoms with Crippen LogP contribution in [0, 0.1) is 0 Å². The van der Waals surface area contributed by atoms with Crippen LogP contribution in [0.15, 0.2) is 47.8 Å². The van der Waals surface area contributed by atoms with Crippen LogP contribution in [0.4, 0.5) is 0 Å². The van der Waals surface area contributed by atoms with Gasteiger partial charge in [0.2, 0.25) is 5.91 Å². The Balaban J connectivity index is 0.00000200. The SMILES string of the molecule is CN(Cc1cccs1)C(=O)C(CN)c1ccccc1.Cl. The third-order valence-corrected chi connectivity index (χ3v) is 3.95. The second kappa shape index (κ2) is 8.04. The molecule has 2 rings (SSSR count). The molecule has 1 atom stereocenters. The zero-order valence-electron chi connectivity index (χ0n) is 11.4. The number of hydrogen-bond acceptors (Lipinski definition) is 3. The number of likely N-dealkylation sites (N-methyl/N-ethyl adjacent to an activating group) is 1. The number of nitrogens with two attached hydrogens (primary N) is 1. The summed E-state index contributed by atoms with van der Waals surface area (Å²) in [6, 6.07) is 13.7. The topological polar surface area (TPSA) is 46.3 Å². The summed E-state index contributed by atoms with van der Waals surface area (Å²) in [5.41, 5.74) is 6.75. The Kier molecular flexibility index (Phi) is 6.71. The first-order chi connectivity index (χ1) is 9.22. The Morgan fingerprint density at radius 2 is 1.95 bits per heavy atom. The highest BCUT2D eigenvalue weighted by Crippen LogP contribution is 2.19. The first-order valence-corrected chi connectivity index (χ1v) is 7.12. The van der Waals surface area contributed by atoms with E-state index in [0.29, 0.717) is 13.1 Å². The van der Waals surface area contributed by atoms with E-state index in [0.717, 1.165) is 5.56 Å². The average molecular weight is 311 g/mol. The molecule has 0 aliphatic rings. The molecule has 0 fully saturated rings. The van der Waals surface area contributed by atoms with Crippen molar-refractivity contribution in [2.75, 3.05) is 13.6 Å². The number of amides is 1. The molecule has 2 aromatic rings. The Labute approximate surface area is 129 Å². The standard InChI is InChI=1S/C15H18N2OS.ClH/c1-17(11-13-8-5-9-19-13)15(18)14(10-16)12-6-3-2-4-7-12;/h2-9,14H,10-11,16H2,1H3;1H. The molecule has 5 heteroatoms. The lowest BCUT2D eigenvalue weighted by Gasteiger charge is -2.22. The molecule has 0 aliphatic heterocycles. The number of nitrogens with zero attached hydrogens (tertiary/aromatic N) is 1. The lowest BCUT2D eigenvalue weighted by molar-refractivity contribution is -0.131. The van der Waals surface area contributed by atoms with Crippen molar-refractivity contribution >= 4 is 29.7 Å². The van der Waals surface area contributed by atoms with E-state index in [2.05, 4.69) is 0 Å². The molecule has 0 saturated heterocycles. The van der Waals surface area contributed by atoms with Gasteiger partial charge < -0.3 is 10.6 Å². The fourth-order valence-electron chi connectivity index (χ4n) is 2.05. The van der Waals surface area contributed by atoms with E-state index in [1.165, 1.54) is 4.88 Å². The van der Waals surface area contributed by atoms with Gasteiger partial charge in [0.1, 0.15) is 0 Å². The fourth-order valence-corrected chi connectivity index (χ4v) is 2.80. The van der Waals surface area contributed by atoms with Crippen LogP contribution in [-0.2, 0) is 11.3 Å². The zero-order valence-corrected chi connectivity index (χ0v) is 13.0. The highest BCUT2D eigenvalue weighted by Gasteiger charge is 2.22. The second-order valence-corrected chi connectivity index (χ2v) is 5.50. The van der Waals surface area contributed by atoms with Crippen molar-refractivity contribution in [2.45, 2.75) is 12.5 Å². The molecule has 20 heavy (non-hydrogen) atoms. The molecule has 1 unspecified atom stereocenters. The Morgan fingerprint density at radius 3 is 2.50 bits per heavy atom. The summed E-state index contributed by atoms with van der Waals surface area (Å²) in [7, 11) is 1.83. The van der Waals surface area contributed by atoms with Gasteiger partial charge in [0, 0.05) is 18.5 Å². The molecule has 0 bridgehead atoms. The van der Waals surface area contributed by atoms with E-state index in [-0.39, 0.29) is 24.2 Å². The minimum absolute atomic E-state index is 0. The zero-order chi connectivity index (χ0) is 13.7. The van der Waals surface area contributed by atoms with Crippen LogP contribution in [0.3, 0.4) is 0 Å². The van der Waals surface area contributed by atoms with Crippen molar-refractivity contribution in [2.24, 2.45) is 5.73 Å². The number of thiophene rings is 1. The molecule has 0 aliphatic carbocycles. The van der Waals surface area contributed by atoms with E-state index in [4.69, 9.17) is 5.73 Å². The van der Waals surface area contributed by atoms with Crippen LogP contribution in [0.1, 0.15) is 16.4 Å². The van der Waals surface area contributed by atoms with Gasteiger partial charge in [0.05, 0.1) is 12.5 Å². The Morgan fingerprint density at radius 1 is 1.25 bits per heavy atom. The minimum Gasteiger partial charge on any atom is -0.340 e. The van der Waals surface area contributed by atoms with Gasteiger partial charge in [0.15, 0.2) is 0 Å². The molecule has 1 aromatic carbocycles. The van der Waals surface area contributed by atoms with Crippen LogP contribution in [-0.4, -0.2) is 24.4 Å². The molecule has 2 N–H and O–H groups in total. The van der Waals surface area contributed by atoms with E-state index < -0.39 is 0 Å². The van der Waals surface area contributed by atoms with Gasteiger partial charge in [-0.3, -0.25) is 4.79 Å². The largest absolute Gasteiger partial charge is 0.340 e. The Hall–Kier alpha value is -1.36. The van der Waals surface area contributed by atoms with Gasteiger partial charge in [-0.2, -0.15) is 0 Å². The van der Waals surface area contributed by atoms with Crippen LogP contribution in [0.5, 0.6) is 0 Å². The molecule has 3 nitrogen and oxygen atoms in total. The molecule has 1 aromatic heterocycles. The average Bonchev–Trinajstić information content (AvgIpc) is 2.93. The summed E-state index contributed by atoms with van der Waals surface area (Å²) in [5, 5.41) is 2.02. The summed E-state index contributed by atoms with van der Waals surface area (Å²) < 4.78 is 0. The van der Waals surface area contributed by atoms with Crippen molar-refractivity contribution in [3.05, 3.63) is 58.3 Å².